The van der Waals surface area contributed by atoms with E-state index in [0.717, 1.165) is 77.0 Å². The molecule has 12 nitrogen and oxygen atoms in total. The molecule has 1 fully saturated rings. The van der Waals surface area contributed by atoms with Gasteiger partial charge < -0.3 is 29.9 Å². The Bertz CT molecular complexity index is 1460. The van der Waals surface area contributed by atoms with Crippen molar-refractivity contribution in [1.82, 2.24) is 0 Å². The highest BCUT2D eigenvalue weighted by atomic mass is 31.2. The fourth-order valence-corrected chi connectivity index (χ4v) is 6.37. The molecule has 13 heteroatoms. The number of phosphoric acid groups is 1. The van der Waals surface area contributed by atoms with E-state index in [1.807, 2.05) is 6.08 Å². The first-order valence-electron chi connectivity index (χ1n) is 22.4. The molecular weight excluding hydrogens is 797 g/mol. The number of carbonyl (C=O) groups excluding carboxylic acids is 2. The van der Waals surface area contributed by atoms with Gasteiger partial charge in [-0.2, -0.15) is 0 Å². The van der Waals surface area contributed by atoms with Crippen molar-refractivity contribution in [2.75, 3.05) is 19.8 Å². The molecule has 0 spiro atoms. The van der Waals surface area contributed by atoms with Gasteiger partial charge in [0.25, 0.3) is 0 Å². The van der Waals surface area contributed by atoms with Gasteiger partial charge >= 0.3 is 25.7 Å². The van der Waals surface area contributed by atoms with E-state index < -0.39 is 57.7 Å². The molecule has 0 aromatic rings. The Hall–Kier alpha value is -3.64. The fourth-order valence-electron chi connectivity index (χ4n) is 5.59. The number of unbranched alkanes of at least 4 members (excludes halogenated alkanes) is 7. The van der Waals surface area contributed by atoms with Gasteiger partial charge in [-0.3, -0.25) is 23.4 Å². The zero-order valence-electron chi connectivity index (χ0n) is 36.9. The van der Waals surface area contributed by atoms with E-state index in [4.69, 9.17) is 29.6 Å². The van der Waals surface area contributed by atoms with E-state index in [1.54, 1.807) is 0 Å². The highest BCUT2D eigenvalue weighted by Crippen LogP contribution is 2.43. The van der Waals surface area contributed by atoms with Gasteiger partial charge in [0.1, 0.15) is 12.6 Å². The van der Waals surface area contributed by atoms with Gasteiger partial charge in [-0.05, 0) is 96.3 Å². The number of hydrogen-bond acceptors (Lipinski definition) is 10. The van der Waals surface area contributed by atoms with Crippen LogP contribution in [0, 0.1) is 0 Å². The van der Waals surface area contributed by atoms with Gasteiger partial charge in [0.05, 0.1) is 25.4 Å². The van der Waals surface area contributed by atoms with Crippen molar-refractivity contribution < 1.29 is 52.2 Å². The summed E-state index contributed by atoms with van der Waals surface area (Å²) in [5.74, 6) is -2.52. The zero-order chi connectivity index (χ0) is 44.7. The third kappa shape index (κ3) is 35.6. The number of carbonyl (C=O) groups is 3. The topological polar surface area (TPSA) is 184 Å². The maximum Gasteiger partial charge on any atom is 0.472 e. The summed E-state index contributed by atoms with van der Waals surface area (Å²) in [6.07, 6.45) is 50.7. The summed E-state index contributed by atoms with van der Waals surface area (Å²) in [5.41, 5.74) is 5.33. The highest BCUT2D eigenvalue weighted by molar-refractivity contribution is 7.47. The number of ether oxygens (including phenoxy) is 3. The standard InChI is InChI=1S/C48H76NO11P/c1-3-5-7-9-11-13-14-15-16-17-18-19-20-21-22-24-26-28-33-37-46(50)56-39-42(40-57-61(54,55)58-41-43(49)48(52)53)59-47(51)38-34-30-29-32-36-45-44(60-45)35-31-27-25-23-12-10-8-6-4-2/h5,7,11-13,15-16,18-19,21-23,27,29,31-32,42-45H,3-4,6,8-10,14,17,20,24-26,28,30,33-41,49H2,1-2H3,(H,52,53)(H,54,55)/b7-5-,13-11-,16-15-,19-18-,22-21-,23-12-,31-27-,32-29-/t42-,43+,44?,45?/m1/s1. The summed E-state index contributed by atoms with van der Waals surface area (Å²) in [5, 5.41) is 8.90. The predicted molar refractivity (Wildman–Crippen MR) is 244 cm³/mol. The monoisotopic (exact) mass is 874 g/mol. The van der Waals surface area contributed by atoms with Crippen LogP contribution in [0.5, 0.6) is 0 Å². The SMILES string of the molecule is CC/C=C\C/C=C\C/C=C\C/C=C\C/C=C\CCCCCC(=O)OC[C@H](COP(=O)(O)OC[C@H](N)C(=O)O)OC(=O)CCC/C=C\CC1OC1C/C=C\C/C=C\CCCCC. The van der Waals surface area contributed by atoms with Crippen molar-refractivity contribution in [3.63, 3.8) is 0 Å². The van der Waals surface area contributed by atoms with E-state index in [2.05, 4.69) is 110 Å². The van der Waals surface area contributed by atoms with E-state index in [9.17, 15) is 23.8 Å². The minimum atomic E-state index is -4.75. The Kier molecular flexibility index (Phi) is 34.6. The number of allylic oxidation sites excluding steroid dienone is 14. The van der Waals surface area contributed by atoms with Crippen LogP contribution in [0.3, 0.4) is 0 Å². The molecule has 5 atom stereocenters. The van der Waals surface area contributed by atoms with E-state index >= 15 is 0 Å². The van der Waals surface area contributed by atoms with E-state index in [1.165, 1.54) is 19.3 Å². The minimum absolute atomic E-state index is 0.0633. The molecule has 0 saturated carbocycles. The summed E-state index contributed by atoms with van der Waals surface area (Å²) in [6.45, 7) is 2.54. The molecule has 1 rings (SSSR count). The Balaban J connectivity index is 2.36. The Morgan fingerprint density at radius 1 is 0.607 bits per heavy atom. The molecule has 0 aromatic heterocycles. The zero-order valence-corrected chi connectivity index (χ0v) is 37.8. The molecule has 0 bridgehead atoms. The Labute approximate surface area is 366 Å². The number of aliphatic carboxylic acids is 1. The lowest BCUT2D eigenvalue weighted by Crippen LogP contribution is -2.34. The summed E-state index contributed by atoms with van der Waals surface area (Å²) < 4.78 is 38.4. The highest BCUT2D eigenvalue weighted by Gasteiger charge is 2.36. The third-order valence-corrected chi connectivity index (χ3v) is 10.2. The molecule has 1 aliphatic heterocycles. The molecule has 0 radical (unpaired) electrons. The van der Waals surface area contributed by atoms with Crippen molar-refractivity contribution in [3.8, 4) is 0 Å². The number of carboxylic acid groups (broad SMARTS) is 1. The number of carboxylic acids is 1. The molecule has 4 N–H and O–H groups in total. The molecule has 1 aliphatic rings. The van der Waals surface area contributed by atoms with Crippen LogP contribution in [0.2, 0.25) is 0 Å². The van der Waals surface area contributed by atoms with Gasteiger partial charge in [0.2, 0.25) is 0 Å². The van der Waals surface area contributed by atoms with Crippen LogP contribution in [0.25, 0.3) is 0 Å². The second-order valence-electron chi connectivity index (χ2n) is 14.8. The van der Waals surface area contributed by atoms with Gasteiger partial charge in [-0.15, -0.1) is 0 Å². The van der Waals surface area contributed by atoms with Gasteiger partial charge in [0.15, 0.2) is 6.10 Å². The molecule has 61 heavy (non-hydrogen) atoms. The quantitative estimate of drug-likeness (QED) is 0.0175. The lowest BCUT2D eigenvalue weighted by molar-refractivity contribution is -0.161. The normalized spacial score (nSPS) is 17.9. The smallest absolute Gasteiger partial charge is 0.472 e. The molecule has 0 amide bonds. The van der Waals surface area contributed by atoms with Crippen LogP contribution >= 0.6 is 7.82 Å². The molecule has 1 heterocycles. The maximum absolute atomic E-state index is 12.7. The molecule has 1 saturated heterocycles. The van der Waals surface area contributed by atoms with Crippen molar-refractivity contribution >= 4 is 25.7 Å². The number of rotatable bonds is 39. The molecule has 3 unspecified atom stereocenters. The van der Waals surface area contributed by atoms with Crippen molar-refractivity contribution in [2.24, 2.45) is 5.73 Å². The second kappa shape index (κ2) is 38.1. The minimum Gasteiger partial charge on any atom is -0.480 e. The van der Waals surface area contributed by atoms with Crippen molar-refractivity contribution in [3.05, 3.63) is 97.2 Å². The summed E-state index contributed by atoms with van der Waals surface area (Å²) in [6, 6.07) is -1.54. The van der Waals surface area contributed by atoms with Crippen LogP contribution < -0.4 is 5.73 Å². The number of hydrogen-bond donors (Lipinski definition) is 3. The molecule has 344 valence electrons. The van der Waals surface area contributed by atoms with Crippen LogP contribution in [0.1, 0.15) is 142 Å². The predicted octanol–water partition coefficient (Wildman–Crippen LogP) is 11.0. The summed E-state index contributed by atoms with van der Waals surface area (Å²) >= 11 is 0. The first-order valence-corrected chi connectivity index (χ1v) is 23.9. The molecular formula is C48H76NO11P. The van der Waals surface area contributed by atoms with Crippen LogP contribution in [-0.4, -0.2) is 72.1 Å². The van der Waals surface area contributed by atoms with Gasteiger partial charge in [-0.25, -0.2) is 4.57 Å². The van der Waals surface area contributed by atoms with E-state index in [-0.39, 0.29) is 25.0 Å². The second-order valence-corrected chi connectivity index (χ2v) is 16.3. The summed E-state index contributed by atoms with van der Waals surface area (Å²) in [4.78, 5) is 46.1. The average molecular weight is 874 g/mol. The first kappa shape index (κ1) is 55.4. The van der Waals surface area contributed by atoms with Crippen LogP contribution in [-0.2, 0) is 42.2 Å². The van der Waals surface area contributed by atoms with Crippen LogP contribution in [0.4, 0.5) is 0 Å². The van der Waals surface area contributed by atoms with Crippen molar-refractivity contribution in [1.29, 1.82) is 0 Å². The van der Waals surface area contributed by atoms with Crippen LogP contribution in [0.15, 0.2) is 97.2 Å². The fraction of sp³-hybridized carbons (Fsp3) is 0.604. The average Bonchev–Trinajstić information content (AvgIpc) is 4.00. The van der Waals surface area contributed by atoms with Gasteiger partial charge in [0, 0.05) is 12.8 Å². The number of esters is 2. The number of phosphoric ester groups is 1. The largest absolute Gasteiger partial charge is 0.480 e. The maximum atomic E-state index is 12.7. The lowest BCUT2D eigenvalue weighted by Gasteiger charge is -2.20. The van der Waals surface area contributed by atoms with Gasteiger partial charge in [-0.1, -0.05) is 130 Å². The van der Waals surface area contributed by atoms with E-state index in [0.29, 0.717) is 19.3 Å². The summed E-state index contributed by atoms with van der Waals surface area (Å²) in [7, 11) is -4.75. The third-order valence-electron chi connectivity index (χ3n) is 9.22. The molecule has 0 aromatic carbocycles. The first-order chi connectivity index (χ1) is 29.6. The lowest BCUT2D eigenvalue weighted by atomic mass is 10.1. The Morgan fingerprint density at radius 2 is 1.08 bits per heavy atom. The number of nitrogens with two attached hydrogens (primary N) is 1. The molecule has 0 aliphatic carbocycles. The number of epoxide rings is 1. The Morgan fingerprint density at radius 3 is 1.66 bits per heavy atom. The van der Waals surface area contributed by atoms with Crippen molar-refractivity contribution in [2.45, 2.75) is 167 Å².